The first kappa shape index (κ1) is 15.3. The van der Waals surface area contributed by atoms with Crippen molar-refractivity contribution in [2.24, 2.45) is 0 Å². The van der Waals surface area contributed by atoms with Crippen molar-refractivity contribution in [3.05, 3.63) is 35.9 Å². The fourth-order valence-corrected chi connectivity index (χ4v) is 4.13. The number of pyridine rings is 1. The van der Waals surface area contributed by atoms with Crippen molar-refractivity contribution >= 4 is 27.5 Å². The third-order valence-electron chi connectivity index (χ3n) is 4.36. The number of nitrogens with zero attached hydrogens (tertiary/aromatic N) is 4. The number of carbonyl (C=O) groups excluding carboxylic acids is 1. The van der Waals surface area contributed by atoms with E-state index in [1.54, 1.807) is 13.1 Å². The van der Waals surface area contributed by atoms with Gasteiger partial charge in [0.05, 0.1) is 22.5 Å². The number of aromatic nitrogens is 4. The van der Waals surface area contributed by atoms with Gasteiger partial charge in [-0.3, -0.25) is 4.98 Å². The Morgan fingerprint density at radius 2 is 2.25 bits per heavy atom. The lowest BCUT2D eigenvalue weighted by Crippen LogP contribution is -2.07. The second kappa shape index (κ2) is 6.32. The second-order valence-electron chi connectivity index (χ2n) is 5.91. The molecule has 0 N–H and O–H groups in total. The normalized spacial score (nSPS) is 15.2. The lowest BCUT2D eigenvalue weighted by Gasteiger charge is -2.09. The summed E-state index contributed by atoms with van der Waals surface area (Å²) in [6, 6.07) is 3.76. The predicted octanol–water partition coefficient (Wildman–Crippen LogP) is 3.71. The molecule has 124 valence electrons. The Morgan fingerprint density at radius 3 is 3.00 bits per heavy atom. The number of hydrogen-bond acceptors (Lipinski definition) is 6. The summed E-state index contributed by atoms with van der Waals surface area (Å²) in [5, 5.41) is 5.28. The van der Waals surface area contributed by atoms with Crippen LogP contribution in [-0.2, 0) is 4.74 Å². The van der Waals surface area contributed by atoms with Gasteiger partial charge in [-0.15, -0.1) is 0 Å². The Hall–Kier alpha value is -2.28. The van der Waals surface area contributed by atoms with Crippen molar-refractivity contribution in [3.8, 4) is 5.13 Å². The molecule has 3 aromatic heterocycles. The molecule has 0 radical (unpaired) electrons. The van der Waals surface area contributed by atoms with E-state index in [-0.39, 0.29) is 5.97 Å². The van der Waals surface area contributed by atoms with E-state index in [0.717, 1.165) is 33.9 Å². The van der Waals surface area contributed by atoms with Crippen LogP contribution in [0.5, 0.6) is 0 Å². The van der Waals surface area contributed by atoms with Crippen LogP contribution < -0.4 is 0 Å². The van der Waals surface area contributed by atoms with Gasteiger partial charge in [0, 0.05) is 18.3 Å². The highest BCUT2D eigenvalue weighted by atomic mass is 32.1. The standard InChI is InChI=1S/C17H18N4O2S/c1-2-23-16(22)13-9-14(11-5-3-4-6-11)21(20-13)17-19-12-7-8-18-10-15(12)24-17/h7-11H,2-6H2,1H3. The number of rotatable bonds is 4. The zero-order valence-electron chi connectivity index (χ0n) is 13.4. The molecule has 3 aromatic rings. The maximum atomic E-state index is 12.1. The van der Waals surface area contributed by atoms with Crippen LogP contribution in [0.2, 0.25) is 0 Å². The van der Waals surface area contributed by atoms with Crippen molar-refractivity contribution in [1.29, 1.82) is 0 Å². The molecule has 0 atom stereocenters. The third kappa shape index (κ3) is 2.69. The first-order valence-electron chi connectivity index (χ1n) is 8.24. The number of fused-ring (bicyclic) bond motifs is 1. The van der Waals surface area contributed by atoms with E-state index in [1.807, 2.05) is 23.0 Å². The maximum absolute atomic E-state index is 12.1. The fraction of sp³-hybridized carbons (Fsp3) is 0.412. The number of thiazole rings is 1. The first-order chi connectivity index (χ1) is 11.8. The average Bonchev–Trinajstić information content (AvgIpc) is 3.32. The molecule has 1 saturated carbocycles. The molecule has 7 heteroatoms. The van der Waals surface area contributed by atoms with Crippen LogP contribution in [0.4, 0.5) is 0 Å². The van der Waals surface area contributed by atoms with Crippen LogP contribution in [-0.4, -0.2) is 32.3 Å². The molecule has 0 amide bonds. The predicted molar refractivity (Wildman–Crippen MR) is 91.7 cm³/mol. The van der Waals surface area contributed by atoms with Gasteiger partial charge in [-0.25, -0.2) is 14.5 Å². The molecule has 1 aliphatic carbocycles. The Balaban J connectivity index is 1.80. The summed E-state index contributed by atoms with van der Waals surface area (Å²) in [5.74, 6) is 0.0455. The highest BCUT2D eigenvalue weighted by Gasteiger charge is 2.26. The molecule has 4 rings (SSSR count). The summed E-state index contributed by atoms with van der Waals surface area (Å²) in [6.45, 7) is 2.14. The fourth-order valence-electron chi connectivity index (χ4n) is 3.22. The van der Waals surface area contributed by atoms with Gasteiger partial charge in [-0.1, -0.05) is 24.2 Å². The zero-order chi connectivity index (χ0) is 16.5. The van der Waals surface area contributed by atoms with E-state index >= 15 is 0 Å². The lowest BCUT2D eigenvalue weighted by molar-refractivity contribution is 0.0519. The van der Waals surface area contributed by atoms with Crippen LogP contribution in [0.1, 0.15) is 54.7 Å². The minimum atomic E-state index is -0.377. The molecular weight excluding hydrogens is 324 g/mol. The van der Waals surface area contributed by atoms with Gasteiger partial charge in [-0.05, 0) is 31.9 Å². The molecule has 1 aliphatic rings. The molecule has 0 saturated heterocycles. The SMILES string of the molecule is CCOC(=O)c1cc(C2CCCC2)n(-c2nc3ccncc3s2)n1. The van der Waals surface area contributed by atoms with E-state index in [4.69, 9.17) is 4.74 Å². The Labute approximate surface area is 143 Å². The van der Waals surface area contributed by atoms with Gasteiger partial charge in [0.1, 0.15) is 0 Å². The summed E-state index contributed by atoms with van der Waals surface area (Å²) in [6.07, 6.45) is 8.22. The second-order valence-corrected chi connectivity index (χ2v) is 6.92. The van der Waals surface area contributed by atoms with Gasteiger partial charge in [0.15, 0.2) is 5.69 Å². The quantitative estimate of drug-likeness (QED) is 0.676. The Kier molecular flexibility index (Phi) is 4.02. The number of hydrogen-bond donors (Lipinski definition) is 0. The number of esters is 1. The minimum absolute atomic E-state index is 0.345. The highest BCUT2D eigenvalue weighted by Crippen LogP contribution is 2.36. The number of carbonyl (C=O) groups is 1. The van der Waals surface area contributed by atoms with Gasteiger partial charge in [0.25, 0.3) is 0 Å². The topological polar surface area (TPSA) is 69.9 Å². The van der Waals surface area contributed by atoms with E-state index < -0.39 is 0 Å². The smallest absolute Gasteiger partial charge is 0.358 e. The van der Waals surface area contributed by atoms with Crippen LogP contribution in [0, 0.1) is 0 Å². The summed E-state index contributed by atoms with van der Waals surface area (Å²) in [7, 11) is 0. The van der Waals surface area contributed by atoms with Crippen molar-refractivity contribution in [2.75, 3.05) is 6.61 Å². The van der Waals surface area contributed by atoms with Gasteiger partial charge < -0.3 is 4.74 Å². The largest absolute Gasteiger partial charge is 0.461 e. The van der Waals surface area contributed by atoms with E-state index in [9.17, 15) is 4.79 Å². The molecule has 0 bridgehead atoms. The molecular formula is C17H18N4O2S. The van der Waals surface area contributed by atoms with Crippen LogP contribution in [0.3, 0.4) is 0 Å². The summed E-state index contributed by atoms with van der Waals surface area (Å²) >= 11 is 1.54. The van der Waals surface area contributed by atoms with Crippen molar-refractivity contribution in [1.82, 2.24) is 19.7 Å². The summed E-state index contributed by atoms with van der Waals surface area (Å²) < 4.78 is 7.95. The van der Waals surface area contributed by atoms with Gasteiger partial charge in [-0.2, -0.15) is 5.10 Å². The molecule has 0 unspecified atom stereocenters. The van der Waals surface area contributed by atoms with E-state index in [1.165, 1.54) is 24.2 Å². The van der Waals surface area contributed by atoms with E-state index in [0.29, 0.717) is 18.2 Å². The average molecular weight is 342 g/mol. The van der Waals surface area contributed by atoms with Crippen molar-refractivity contribution in [2.45, 2.75) is 38.5 Å². The lowest BCUT2D eigenvalue weighted by atomic mass is 10.0. The molecule has 1 fully saturated rings. The van der Waals surface area contributed by atoms with Crippen molar-refractivity contribution < 1.29 is 9.53 Å². The van der Waals surface area contributed by atoms with Gasteiger partial charge in [0.2, 0.25) is 5.13 Å². The maximum Gasteiger partial charge on any atom is 0.358 e. The molecule has 24 heavy (non-hydrogen) atoms. The zero-order valence-corrected chi connectivity index (χ0v) is 14.3. The first-order valence-corrected chi connectivity index (χ1v) is 9.06. The van der Waals surface area contributed by atoms with Crippen LogP contribution >= 0.6 is 11.3 Å². The van der Waals surface area contributed by atoms with Crippen LogP contribution in [0.25, 0.3) is 15.3 Å². The minimum Gasteiger partial charge on any atom is -0.461 e. The van der Waals surface area contributed by atoms with E-state index in [2.05, 4.69) is 15.1 Å². The third-order valence-corrected chi connectivity index (χ3v) is 5.34. The Morgan fingerprint density at radius 1 is 1.42 bits per heavy atom. The molecule has 3 heterocycles. The molecule has 0 aromatic carbocycles. The van der Waals surface area contributed by atoms with Crippen molar-refractivity contribution in [3.63, 3.8) is 0 Å². The summed E-state index contributed by atoms with van der Waals surface area (Å²) in [4.78, 5) is 20.9. The van der Waals surface area contributed by atoms with Gasteiger partial charge >= 0.3 is 5.97 Å². The van der Waals surface area contributed by atoms with Crippen LogP contribution in [0.15, 0.2) is 24.5 Å². The summed E-state index contributed by atoms with van der Waals surface area (Å²) in [5.41, 5.74) is 2.31. The molecule has 6 nitrogen and oxygen atoms in total. The molecule has 0 spiro atoms. The highest BCUT2D eigenvalue weighted by molar-refractivity contribution is 7.20. The molecule has 0 aliphatic heterocycles. The number of ether oxygens (including phenoxy) is 1. The monoisotopic (exact) mass is 342 g/mol. The Bertz CT molecular complexity index is 847.